The first kappa shape index (κ1) is 14.1. The van der Waals surface area contributed by atoms with Gasteiger partial charge in [0.1, 0.15) is 5.82 Å². The molecule has 0 aromatic carbocycles. The predicted molar refractivity (Wildman–Crippen MR) is 64.8 cm³/mol. The molecule has 1 aromatic heterocycles. The highest BCUT2D eigenvalue weighted by molar-refractivity contribution is 5.45. The van der Waals surface area contributed by atoms with Gasteiger partial charge in [0, 0.05) is 19.3 Å². The number of nitrogens with zero attached hydrogens (tertiary/aromatic N) is 1. The molecular formula is C12H16F3N3O. The van der Waals surface area contributed by atoms with Gasteiger partial charge in [-0.2, -0.15) is 13.2 Å². The fraction of sp³-hybridized carbons (Fsp3) is 0.583. The van der Waals surface area contributed by atoms with Crippen molar-refractivity contribution in [1.29, 1.82) is 0 Å². The van der Waals surface area contributed by atoms with Gasteiger partial charge in [0.2, 0.25) is 0 Å². The Labute approximate surface area is 109 Å². The normalized spacial score (nSPS) is 24.2. The van der Waals surface area contributed by atoms with Crippen LogP contribution in [0.4, 0.5) is 19.0 Å². The molecule has 1 atom stereocenters. The summed E-state index contributed by atoms with van der Waals surface area (Å²) in [6, 6.07) is 2.21. The van der Waals surface area contributed by atoms with E-state index < -0.39 is 17.3 Å². The van der Waals surface area contributed by atoms with Gasteiger partial charge in [-0.1, -0.05) is 0 Å². The first-order chi connectivity index (χ1) is 8.91. The van der Waals surface area contributed by atoms with Crippen molar-refractivity contribution in [3.05, 3.63) is 23.9 Å². The minimum Gasteiger partial charge on any atom is -0.387 e. The minimum atomic E-state index is -4.45. The van der Waals surface area contributed by atoms with Crippen molar-refractivity contribution in [2.24, 2.45) is 0 Å². The number of hydrogen-bond acceptors (Lipinski definition) is 4. The molecule has 3 N–H and O–H groups in total. The summed E-state index contributed by atoms with van der Waals surface area (Å²) in [6.07, 6.45) is -1.81. The van der Waals surface area contributed by atoms with E-state index in [0.29, 0.717) is 13.0 Å². The highest BCUT2D eigenvalue weighted by Gasteiger charge is 2.35. The van der Waals surface area contributed by atoms with Gasteiger partial charge in [-0.05, 0) is 31.5 Å². The zero-order valence-electron chi connectivity index (χ0n) is 10.3. The molecule has 2 rings (SSSR count). The number of anilines is 1. The molecule has 1 aliphatic rings. The van der Waals surface area contributed by atoms with Crippen molar-refractivity contribution < 1.29 is 18.3 Å². The standard InChI is InChI=1S/C12H16F3N3O/c13-12(14,15)9-3-1-6-17-10(9)18-8-11(19)4-2-5-16-7-11/h1,3,6,16,19H,2,4-5,7-8H2,(H,17,18). The van der Waals surface area contributed by atoms with Crippen LogP contribution in [0.25, 0.3) is 0 Å². The van der Waals surface area contributed by atoms with E-state index in [4.69, 9.17) is 0 Å². The Morgan fingerprint density at radius 2 is 2.26 bits per heavy atom. The first-order valence-electron chi connectivity index (χ1n) is 6.10. The maximum Gasteiger partial charge on any atom is 0.419 e. The molecule has 1 saturated heterocycles. The largest absolute Gasteiger partial charge is 0.419 e. The van der Waals surface area contributed by atoms with E-state index in [1.54, 1.807) is 0 Å². The van der Waals surface area contributed by atoms with Gasteiger partial charge >= 0.3 is 6.18 Å². The quantitative estimate of drug-likeness (QED) is 0.784. The Bertz CT molecular complexity index is 430. The number of halogens is 3. The molecule has 4 nitrogen and oxygen atoms in total. The molecule has 1 fully saturated rings. The highest BCUT2D eigenvalue weighted by atomic mass is 19.4. The zero-order chi connectivity index (χ0) is 13.9. The lowest BCUT2D eigenvalue weighted by atomic mass is 9.94. The summed E-state index contributed by atoms with van der Waals surface area (Å²) in [5.41, 5.74) is -1.85. The van der Waals surface area contributed by atoms with Gasteiger partial charge < -0.3 is 15.7 Å². The highest BCUT2D eigenvalue weighted by Crippen LogP contribution is 2.33. The first-order valence-corrected chi connectivity index (χ1v) is 6.10. The number of aliphatic hydroxyl groups is 1. The Morgan fingerprint density at radius 1 is 1.47 bits per heavy atom. The molecule has 0 spiro atoms. The van der Waals surface area contributed by atoms with E-state index in [9.17, 15) is 18.3 Å². The summed E-state index contributed by atoms with van der Waals surface area (Å²) < 4.78 is 38.3. The molecule has 2 heterocycles. The number of β-amino-alcohol motifs (C(OH)–C–C–N with tert-alkyl or cyclic N) is 1. The lowest BCUT2D eigenvalue weighted by Gasteiger charge is -2.33. The van der Waals surface area contributed by atoms with Crippen LogP contribution in [-0.2, 0) is 6.18 Å². The lowest BCUT2D eigenvalue weighted by Crippen LogP contribution is -2.50. The second kappa shape index (κ2) is 5.34. The van der Waals surface area contributed by atoms with E-state index in [1.807, 2.05) is 0 Å². The van der Waals surface area contributed by atoms with E-state index in [-0.39, 0.29) is 12.4 Å². The van der Waals surface area contributed by atoms with Gasteiger partial charge in [0.15, 0.2) is 0 Å². The third-order valence-electron chi connectivity index (χ3n) is 3.15. The Kier molecular flexibility index (Phi) is 3.96. The molecule has 1 unspecified atom stereocenters. The Morgan fingerprint density at radius 3 is 2.89 bits per heavy atom. The Balaban J connectivity index is 2.07. The number of piperidine rings is 1. The van der Waals surface area contributed by atoms with Gasteiger partial charge in [0.25, 0.3) is 0 Å². The summed E-state index contributed by atoms with van der Waals surface area (Å²) in [6.45, 7) is 1.23. The summed E-state index contributed by atoms with van der Waals surface area (Å²) >= 11 is 0. The van der Waals surface area contributed by atoms with Crippen molar-refractivity contribution in [3.63, 3.8) is 0 Å². The average molecular weight is 275 g/mol. The third-order valence-corrected chi connectivity index (χ3v) is 3.15. The molecule has 0 bridgehead atoms. The minimum absolute atomic E-state index is 0.0418. The van der Waals surface area contributed by atoms with E-state index in [0.717, 1.165) is 19.0 Å². The molecule has 0 saturated carbocycles. The number of pyridine rings is 1. The van der Waals surface area contributed by atoms with Crippen molar-refractivity contribution in [2.45, 2.75) is 24.6 Å². The average Bonchev–Trinajstić information content (AvgIpc) is 2.37. The monoisotopic (exact) mass is 275 g/mol. The molecule has 7 heteroatoms. The van der Waals surface area contributed by atoms with Crippen molar-refractivity contribution >= 4 is 5.82 Å². The third kappa shape index (κ3) is 3.57. The van der Waals surface area contributed by atoms with E-state index >= 15 is 0 Å². The number of nitrogens with one attached hydrogen (secondary N) is 2. The van der Waals surface area contributed by atoms with Gasteiger partial charge in [-0.3, -0.25) is 0 Å². The van der Waals surface area contributed by atoms with E-state index in [1.165, 1.54) is 12.3 Å². The van der Waals surface area contributed by atoms with Gasteiger partial charge in [-0.15, -0.1) is 0 Å². The molecular weight excluding hydrogens is 259 g/mol. The summed E-state index contributed by atoms with van der Waals surface area (Å²) in [4.78, 5) is 3.70. The lowest BCUT2D eigenvalue weighted by molar-refractivity contribution is -0.137. The van der Waals surface area contributed by atoms with E-state index in [2.05, 4.69) is 15.6 Å². The van der Waals surface area contributed by atoms with Crippen LogP contribution in [0.2, 0.25) is 0 Å². The molecule has 0 aliphatic carbocycles. The topological polar surface area (TPSA) is 57.2 Å². The molecule has 0 radical (unpaired) electrons. The van der Waals surface area contributed by atoms with Gasteiger partial charge in [0.05, 0.1) is 11.2 Å². The molecule has 1 aromatic rings. The predicted octanol–water partition coefficient (Wildman–Crippen LogP) is 1.63. The second-order valence-electron chi connectivity index (χ2n) is 4.76. The van der Waals surface area contributed by atoms with Crippen LogP contribution in [0.15, 0.2) is 18.3 Å². The Hall–Kier alpha value is -1.34. The maximum atomic E-state index is 12.8. The smallest absolute Gasteiger partial charge is 0.387 e. The van der Waals surface area contributed by atoms with Crippen LogP contribution in [-0.4, -0.2) is 35.3 Å². The van der Waals surface area contributed by atoms with Crippen LogP contribution in [0.5, 0.6) is 0 Å². The van der Waals surface area contributed by atoms with Crippen molar-refractivity contribution in [1.82, 2.24) is 10.3 Å². The molecule has 19 heavy (non-hydrogen) atoms. The fourth-order valence-electron chi connectivity index (χ4n) is 2.13. The number of hydrogen-bond donors (Lipinski definition) is 3. The molecule has 0 amide bonds. The van der Waals surface area contributed by atoms with Gasteiger partial charge in [-0.25, -0.2) is 4.98 Å². The van der Waals surface area contributed by atoms with Crippen molar-refractivity contribution in [3.8, 4) is 0 Å². The van der Waals surface area contributed by atoms with Crippen LogP contribution in [0.3, 0.4) is 0 Å². The zero-order valence-corrected chi connectivity index (χ0v) is 10.3. The second-order valence-corrected chi connectivity index (χ2v) is 4.76. The molecule has 1 aliphatic heterocycles. The SMILES string of the molecule is OC1(CNc2ncccc2C(F)(F)F)CCCNC1. The summed E-state index contributed by atoms with van der Waals surface area (Å²) in [7, 11) is 0. The van der Waals surface area contributed by atoms with Crippen LogP contribution in [0.1, 0.15) is 18.4 Å². The summed E-state index contributed by atoms with van der Waals surface area (Å²) in [5, 5.41) is 15.8. The molecule has 106 valence electrons. The van der Waals surface area contributed by atoms with Crippen LogP contribution < -0.4 is 10.6 Å². The van der Waals surface area contributed by atoms with Crippen LogP contribution in [0, 0.1) is 0 Å². The number of aromatic nitrogens is 1. The number of alkyl halides is 3. The maximum absolute atomic E-state index is 12.8. The van der Waals surface area contributed by atoms with Crippen LogP contribution >= 0.6 is 0 Å². The summed E-state index contributed by atoms with van der Waals surface area (Å²) in [5.74, 6) is -0.242. The number of rotatable bonds is 3. The fourth-order valence-corrected chi connectivity index (χ4v) is 2.13. The van der Waals surface area contributed by atoms with Crippen molar-refractivity contribution in [2.75, 3.05) is 25.0 Å².